The minimum Gasteiger partial charge on any atom is -0.382 e. The second-order valence-electron chi connectivity index (χ2n) is 5.77. The van der Waals surface area contributed by atoms with Gasteiger partial charge in [-0.15, -0.1) is 11.3 Å². The van der Waals surface area contributed by atoms with Crippen LogP contribution in [-0.4, -0.2) is 65.8 Å². The molecule has 0 saturated carbocycles. The molecule has 134 valence electrons. The van der Waals surface area contributed by atoms with E-state index in [1.807, 2.05) is 4.57 Å². The highest BCUT2D eigenvalue weighted by Crippen LogP contribution is 2.39. The lowest BCUT2D eigenvalue weighted by Crippen LogP contribution is -2.36. The van der Waals surface area contributed by atoms with E-state index in [9.17, 15) is 0 Å². The van der Waals surface area contributed by atoms with Crippen LogP contribution in [0.25, 0.3) is 20.6 Å². The lowest BCUT2D eigenvalue weighted by atomic mass is 10.1. The van der Waals surface area contributed by atoms with Crippen molar-refractivity contribution in [2.24, 2.45) is 0 Å². The molecule has 4 atom stereocenters. The van der Waals surface area contributed by atoms with Crippen LogP contribution in [0.4, 0.5) is 5.82 Å². The summed E-state index contributed by atoms with van der Waals surface area (Å²) in [5.41, 5.74) is 7.58. The summed E-state index contributed by atoms with van der Waals surface area (Å²) >= 11 is 1.46. The van der Waals surface area contributed by atoms with Crippen molar-refractivity contribution in [3.05, 3.63) is 12.7 Å². The van der Waals surface area contributed by atoms with E-state index >= 15 is 0 Å². The Morgan fingerprint density at radius 3 is 2.72 bits per heavy atom. The molecule has 10 heteroatoms. The van der Waals surface area contributed by atoms with Crippen LogP contribution in [0.3, 0.4) is 0 Å². The van der Waals surface area contributed by atoms with Crippen LogP contribution in [0.2, 0.25) is 0 Å². The summed E-state index contributed by atoms with van der Waals surface area (Å²) in [7, 11) is 4.91. The number of thiophene rings is 1. The molecule has 3 aromatic rings. The highest BCUT2D eigenvalue weighted by atomic mass is 32.1. The van der Waals surface area contributed by atoms with Crippen LogP contribution in [-0.2, 0) is 18.9 Å². The van der Waals surface area contributed by atoms with Crippen LogP contribution in [0.5, 0.6) is 0 Å². The Balaban J connectivity index is 1.83. The molecule has 0 aromatic carbocycles. The molecule has 1 aliphatic heterocycles. The number of imidazole rings is 1. The van der Waals surface area contributed by atoms with Gasteiger partial charge in [0.2, 0.25) is 0 Å². The molecule has 1 fully saturated rings. The number of rotatable bonds is 5. The van der Waals surface area contributed by atoms with Gasteiger partial charge in [-0.2, -0.15) is 0 Å². The molecular formula is C15H19N5O4S. The first-order chi connectivity index (χ1) is 12.2. The molecule has 0 spiro atoms. The third-order valence-corrected chi connectivity index (χ3v) is 5.55. The molecule has 4 heterocycles. The molecule has 1 aliphatic rings. The topological polar surface area (TPSA) is 107 Å². The van der Waals surface area contributed by atoms with Gasteiger partial charge in [0.1, 0.15) is 46.3 Å². The number of nitrogens with zero attached hydrogens (tertiary/aromatic N) is 4. The number of nitrogen functional groups attached to an aromatic ring is 1. The summed E-state index contributed by atoms with van der Waals surface area (Å²) in [5, 5.41) is 0. The van der Waals surface area contributed by atoms with E-state index in [0.717, 1.165) is 20.6 Å². The second kappa shape index (κ2) is 6.46. The van der Waals surface area contributed by atoms with Gasteiger partial charge in [0.15, 0.2) is 6.23 Å². The van der Waals surface area contributed by atoms with Crippen LogP contribution < -0.4 is 5.73 Å². The van der Waals surface area contributed by atoms with E-state index in [2.05, 4.69) is 15.0 Å². The maximum absolute atomic E-state index is 6.19. The van der Waals surface area contributed by atoms with E-state index in [1.54, 1.807) is 27.7 Å². The number of aromatic nitrogens is 4. The molecule has 3 aromatic heterocycles. The van der Waals surface area contributed by atoms with Crippen molar-refractivity contribution >= 4 is 37.7 Å². The maximum atomic E-state index is 6.19. The second-order valence-corrected chi connectivity index (χ2v) is 6.76. The SMILES string of the molecule is COC[C@H]1O[C@@H](n2cnc3sc4c(N)ncnc4c32)[C@H](OC)[C@@H]1OC. The summed E-state index contributed by atoms with van der Waals surface area (Å²) in [6.45, 7) is 0.409. The first-order valence-electron chi connectivity index (χ1n) is 7.75. The van der Waals surface area contributed by atoms with Gasteiger partial charge in [0.25, 0.3) is 0 Å². The molecule has 2 N–H and O–H groups in total. The molecular weight excluding hydrogens is 346 g/mol. The van der Waals surface area contributed by atoms with Gasteiger partial charge in [-0.05, 0) is 0 Å². The highest BCUT2D eigenvalue weighted by molar-refractivity contribution is 7.25. The molecule has 9 nitrogen and oxygen atoms in total. The van der Waals surface area contributed by atoms with E-state index in [4.69, 9.17) is 24.7 Å². The van der Waals surface area contributed by atoms with Gasteiger partial charge in [0, 0.05) is 21.3 Å². The zero-order valence-electron chi connectivity index (χ0n) is 14.1. The summed E-state index contributed by atoms with van der Waals surface area (Å²) in [6.07, 6.45) is 1.97. The van der Waals surface area contributed by atoms with Crippen molar-refractivity contribution < 1.29 is 18.9 Å². The molecule has 0 bridgehead atoms. The number of methoxy groups -OCH3 is 3. The van der Waals surface area contributed by atoms with E-state index in [1.165, 1.54) is 17.7 Å². The quantitative estimate of drug-likeness (QED) is 0.719. The van der Waals surface area contributed by atoms with Gasteiger partial charge in [-0.3, -0.25) is 4.57 Å². The van der Waals surface area contributed by atoms with Crippen molar-refractivity contribution in [3.63, 3.8) is 0 Å². The van der Waals surface area contributed by atoms with Crippen molar-refractivity contribution in [2.45, 2.75) is 24.5 Å². The molecule has 0 aliphatic carbocycles. The fraction of sp³-hybridized carbons (Fsp3) is 0.533. The summed E-state index contributed by atoms with van der Waals surface area (Å²) in [6, 6.07) is 0. The average Bonchev–Trinajstić information content (AvgIpc) is 3.27. The normalized spacial score (nSPS) is 26.8. The van der Waals surface area contributed by atoms with Gasteiger partial charge in [-0.25, -0.2) is 15.0 Å². The summed E-state index contributed by atoms with van der Waals surface area (Å²) in [4.78, 5) is 13.7. The van der Waals surface area contributed by atoms with Crippen LogP contribution >= 0.6 is 11.3 Å². The number of anilines is 1. The Morgan fingerprint density at radius 2 is 2.00 bits per heavy atom. The van der Waals surface area contributed by atoms with Gasteiger partial charge < -0.3 is 24.7 Å². The first-order valence-corrected chi connectivity index (χ1v) is 8.56. The third kappa shape index (κ3) is 2.49. The smallest absolute Gasteiger partial charge is 0.164 e. The number of hydrogen-bond donors (Lipinski definition) is 1. The molecule has 25 heavy (non-hydrogen) atoms. The number of hydrogen-bond acceptors (Lipinski definition) is 9. The Hall–Kier alpha value is -1.85. The Bertz CT molecular complexity index is 897. The Labute approximate surface area is 147 Å². The molecule has 4 rings (SSSR count). The van der Waals surface area contributed by atoms with Crippen molar-refractivity contribution in [2.75, 3.05) is 33.7 Å². The van der Waals surface area contributed by atoms with Crippen LogP contribution in [0, 0.1) is 0 Å². The Morgan fingerprint density at radius 1 is 1.20 bits per heavy atom. The van der Waals surface area contributed by atoms with Crippen molar-refractivity contribution in [1.29, 1.82) is 0 Å². The lowest BCUT2D eigenvalue weighted by molar-refractivity contribution is -0.0634. The zero-order chi connectivity index (χ0) is 17.6. The molecule has 0 amide bonds. The molecule has 0 unspecified atom stereocenters. The van der Waals surface area contributed by atoms with E-state index in [-0.39, 0.29) is 18.3 Å². The predicted molar refractivity (Wildman–Crippen MR) is 92.5 cm³/mol. The lowest BCUT2D eigenvalue weighted by Gasteiger charge is -2.22. The molecule has 0 radical (unpaired) electrons. The van der Waals surface area contributed by atoms with Gasteiger partial charge in [-0.1, -0.05) is 0 Å². The highest BCUT2D eigenvalue weighted by Gasteiger charge is 2.46. The van der Waals surface area contributed by atoms with Gasteiger partial charge >= 0.3 is 0 Å². The van der Waals surface area contributed by atoms with Gasteiger partial charge in [0.05, 0.1) is 17.6 Å². The predicted octanol–water partition coefficient (Wildman–Crippen LogP) is 1.20. The van der Waals surface area contributed by atoms with Crippen LogP contribution in [0.15, 0.2) is 12.7 Å². The summed E-state index contributed by atoms with van der Waals surface area (Å²) in [5.74, 6) is 0.446. The van der Waals surface area contributed by atoms with Crippen LogP contribution in [0.1, 0.15) is 6.23 Å². The minimum atomic E-state index is -0.408. The first kappa shape index (κ1) is 16.6. The molecule has 1 saturated heterocycles. The van der Waals surface area contributed by atoms with E-state index < -0.39 is 6.23 Å². The average molecular weight is 365 g/mol. The monoisotopic (exact) mass is 365 g/mol. The standard InChI is InChI=1S/C15H19N5O4S/c1-21-4-7-10(22-2)11(23-3)15(24-7)20-6-19-14-9(20)8-12(25-14)13(16)18-5-17-8/h5-7,10-11,15H,4H2,1-3H3,(H2,16,17,18)/t7-,10-,11-,15-/m1/s1. The van der Waals surface area contributed by atoms with Crippen molar-refractivity contribution in [1.82, 2.24) is 19.5 Å². The zero-order valence-corrected chi connectivity index (χ0v) is 14.9. The Kier molecular flexibility index (Phi) is 4.29. The fourth-order valence-electron chi connectivity index (χ4n) is 3.35. The largest absolute Gasteiger partial charge is 0.382 e. The number of fused-ring (bicyclic) bond motifs is 3. The fourth-order valence-corrected chi connectivity index (χ4v) is 4.35. The van der Waals surface area contributed by atoms with Crippen molar-refractivity contribution in [3.8, 4) is 0 Å². The third-order valence-electron chi connectivity index (χ3n) is 4.45. The maximum Gasteiger partial charge on any atom is 0.164 e. The number of nitrogens with two attached hydrogens (primary N) is 1. The summed E-state index contributed by atoms with van der Waals surface area (Å²) < 4.78 is 25.5. The minimum absolute atomic E-state index is 0.244. The number of ether oxygens (including phenoxy) is 4. The van der Waals surface area contributed by atoms with E-state index in [0.29, 0.717) is 12.4 Å².